The molecule has 1 rings (SSSR count). The van der Waals surface area contributed by atoms with Gasteiger partial charge >= 0.3 is 0 Å². The molecule has 0 heterocycles. The Hall–Kier alpha value is -0.450. The molecule has 0 unspecified atom stereocenters. The standard InChI is InChI=1S/C15H23IO2/c1-10-11(2)15(18-5)13(8-6-7-9-16)12(3)14(10)17-4/h6-9H2,1-5H3. The fourth-order valence-corrected chi connectivity index (χ4v) is 2.97. The first kappa shape index (κ1) is 15.6. The van der Waals surface area contributed by atoms with Crippen molar-refractivity contribution in [2.24, 2.45) is 0 Å². The second kappa shape index (κ2) is 7.22. The van der Waals surface area contributed by atoms with Crippen LogP contribution in [0.25, 0.3) is 0 Å². The first-order valence-corrected chi connectivity index (χ1v) is 7.87. The number of methoxy groups -OCH3 is 2. The first-order valence-electron chi connectivity index (χ1n) is 6.35. The lowest BCUT2D eigenvalue weighted by Crippen LogP contribution is -2.04. The average molecular weight is 362 g/mol. The summed E-state index contributed by atoms with van der Waals surface area (Å²) in [7, 11) is 3.51. The van der Waals surface area contributed by atoms with E-state index in [-0.39, 0.29) is 0 Å². The number of alkyl halides is 1. The van der Waals surface area contributed by atoms with E-state index in [1.165, 1.54) is 39.5 Å². The van der Waals surface area contributed by atoms with Crippen molar-refractivity contribution in [2.75, 3.05) is 18.6 Å². The smallest absolute Gasteiger partial charge is 0.125 e. The van der Waals surface area contributed by atoms with Crippen LogP contribution in [0.5, 0.6) is 11.5 Å². The fourth-order valence-electron chi connectivity index (χ4n) is 2.44. The van der Waals surface area contributed by atoms with Crippen molar-refractivity contribution in [2.45, 2.75) is 40.0 Å². The minimum absolute atomic E-state index is 1.01. The summed E-state index contributed by atoms with van der Waals surface area (Å²) >= 11 is 2.43. The lowest BCUT2D eigenvalue weighted by atomic mass is 9.94. The van der Waals surface area contributed by atoms with E-state index in [4.69, 9.17) is 9.47 Å². The van der Waals surface area contributed by atoms with E-state index < -0.39 is 0 Å². The van der Waals surface area contributed by atoms with E-state index in [2.05, 4.69) is 43.4 Å². The largest absolute Gasteiger partial charge is 0.496 e. The summed E-state index contributed by atoms with van der Waals surface area (Å²) in [4.78, 5) is 0. The fraction of sp³-hybridized carbons (Fsp3) is 0.600. The van der Waals surface area contributed by atoms with Gasteiger partial charge in [-0.3, -0.25) is 0 Å². The molecule has 0 bridgehead atoms. The molecule has 0 aliphatic rings. The summed E-state index contributed by atoms with van der Waals surface area (Å²) in [5.41, 5.74) is 4.92. The van der Waals surface area contributed by atoms with Crippen molar-refractivity contribution in [1.29, 1.82) is 0 Å². The predicted octanol–water partition coefficient (Wildman–Crippen LogP) is 4.39. The average Bonchev–Trinajstić information content (AvgIpc) is 2.36. The maximum atomic E-state index is 5.61. The van der Waals surface area contributed by atoms with Gasteiger partial charge in [0.05, 0.1) is 14.2 Å². The molecule has 0 aliphatic carbocycles. The Bertz CT molecular complexity index is 414. The highest BCUT2D eigenvalue weighted by atomic mass is 127. The van der Waals surface area contributed by atoms with Gasteiger partial charge in [-0.05, 0) is 61.2 Å². The van der Waals surface area contributed by atoms with Crippen LogP contribution in [0.1, 0.15) is 35.1 Å². The third kappa shape index (κ3) is 3.11. The summed E-state index contributed by atoms with van der Waals surface area (Å²) in [6.07, 6.45) is 3.51. The van der Waals surface area contributed by atoms with Crippen molar-refractivity contribution in [3.8, 4) is 11.5 Å². The normalized spacial score (nSPS) is 10.6. The van der Waals surface area contributed by atoms with Crippen LogP contribution in [0.2, 0.25) is 0 Å². The Labute approximate surface area is 124 Å². The molecular formula is C15H23IO2. The van der Waals surface area contributed by atoms with Crippen molar-refractivity contribution in [1.82, 2.24) is 0 Å². The maximum Gasteiger partial charge on any atom is 0.125 e. The molecule has 0 spiro atoms. The molecule has 0 fully saturated rings. The zero-order valence-corrected chi connectivity index (χ0v) is 14.2. The van der Waals surface area contributed by atoms with E-state index >= 15 is 0 Å². The second-order valence-electron chi connectivity index (χ2n) is 4.57. The number of hydrogen-bond acceptors (Lipinski definition) is 2. The van der Waals surface area contributed by atoms with E-state index in [1.54, 1.807) is 14.2 Å². The molecule has 0 atom stereocenters. The van der Waals surface area contributed by atoms with E-state index in [0.29, 0.717) is 0 Å². The quantitative estimate of drug-likeness (QED) is 0.425. The van der Waals surface area contributed by atoms with Crippen LogP contribution in [-0.4, -0.2) is 18.6 Å². The van der Waals surface area contributed by atoms with Crippen LogP contribution < -0.4 is 9.47 Å². The van der Waals surface area contributed by atoms with E-state index in [0.717, 1.165) is 17.9 Å². The monoisotopic (exact) mass is 362 g/mol. The number of unbranched alkanes of at least 4 members (excludes halogenated alkanes) is 1. The molecule has 18 heavy (non-hydrogen) atoms. The van der Waals surface area contributed by atoms with Crippen molar-refractivity contribution < 1.29 is 9.47 Å². The van der Waals surface area contributed by atoms with Gasteiger partial charge in [0.15, 0.2) is 0 Å². The molecular weight excluding hydrogens is 339 g/mol. The van der Waals surface area contributed by atoms with Crippen LogP contribution in [0, 0.1) is 20.8 Å². The highest BCUT2D eigenvalue weighted by Crippen LogP contribution is 2.38. The van der Waals surface area contributed by atoms with Crippen LogP contribution in [0.3, 0.4) is 0 Å². The van der Waals surface area contributed by atoms with E-state index in [9.17, 15) is 0 Å². The molecule has 2 nitrogen and oxygen atoms in total. The molecule has 0 amide bonds. The molecule has 0 N–H and O–H groups in total. The van der Waals surface area contributed by atoms with Gasteiger partial charge in [-0.25, -0.2) is 0 Å². The van der Waals surface area contributed by atoms with Gasteiger partial charge in [-0.1, -0.05) is 22.6 Å². The van der Waals surface area contributed by atoms with Gasteiger partial charge < -0.3 is 9.47 Å². The Morgan fingerprint density at radius 3 is 1.89 bits per heavy atom. The molecule has 1 aromatic rings. The zero-order chi connectivity index (χ0) is 13.7. The number of ether oxygens (including phenoxy) is 2. The summed E-state index contributed by atoms with van der Waals surface area (Å²) in [6.45, 7) is 6.34. The Balaban J connectivity index is 3.24. The third-order valence-corrected chi connectivity index (χ3v) is 4.29. The molecule has 102 valence electrons. The SMILES string of the molecule is COc1c(C)c(C)c(OC)c(CCCCI)c1C. The third-order valence-electron chi connectivity index (χ3n) is 3.53. The first-order chi connectivity index (χ1) is 8.58. The highest BCUT2D eigenvalue weighted by Gasteiger charge is 2.17. The van der Waals surface area contributed by atoms with Gasteiger partial charge in [0.2, 0.25) is 0 Å². The zero-order valence-electron chi connectivity index (χ0n) is 12.0. The second-order valence-corrected chi connectivity index (χ2v) is 5.64. The van der Waals surface area contributed by atoms with Crippen molar-refractivity contribution in [3.05, 3.63) is 22.3 Å². The highest BCUT2D eigenvalue weighted by molar-refractivity contribution is 14.1. The minimum atomic E-state index is 1.01. The van der Waals surface area contributed by atoms with Crippen molar-refractivity contribution in [3.63, 3.8) is 0 Å². The Morgan fingerprint density at radius 2 is 1.39 bits per heavy atom. The molecule has 0 saturated heterocycles. The topological polar surface area (TPSA) is 18.5 Å². The molecule has 3 heteroatoms. The van der Waals surface area contributed by atoms with Gasteiger partial charge in [0, 0.05) is 5.56 Å². The Kier molecular flexibility index (Phi) is 6.26. The lowest BCUT2D eigenvalue weighted by molar-refractivity contribution is 0.390. The van der Waals surface area contributed by atoms with Gasteiger partial charge in [0.1, 0.15) is 11.5 Å². The van der Waals surface area contributed by atoms with Gasteiger partial charge in [-0.2, -0.15) is 0 Å². The summed E-state index contributed by atoms with van der Waals surface area (Å²) in [6, 6.07) is 0. The van der Waals surface area contributed by atoms with Gasteiger partial charge in [-0.15, -0.1) is 0 Å². The summed E-state index contributed by atoms with van der Waals surface area (Å²) in [5.74, 6) is 2.05. The lowest BCUT2D eigenvalue weighted by Gasteiger charge is -2.20. The molecule has 0 aliphatic heterocycles. The van der Waals surface area contributed by atoms with Crippen LogP contribution in [0.15, 0.2) is 0 Å². The number of halogens is 1. The Morgan fingerprint density at radius 1 is 0.833 bits per heavy atom. The van der Waals surface area contributed by atoms with Crippen molar-refractivity contribution >= 4 is 22.6 Å². The van der Waals surface area contributed by atoms with Gasteiger partial charge in [0.25, 0.3) is 0 Å². The summed E-state index contributed by atoms with van der Waals surface area (Å²) < 4.78 is 12.4. The minimum Gasteiger partial charge on any atom is -0.496 e. The predicted molar refractivity (Wildman–Crippen MR) is 85.6 cm³/mol. The maximum absolute atomic E-state index is 5.61. The molecule has 1 aromatic carbocycles. The number of rotatable bonds is 6. The van der Waals surface area contributed by atoms with Crippen LogP contribution in [-0.2, 0) is 6.42 Å². The number of hydrogen-bond donors (Lipinski definition) is 0. The number of benzene rings is 1. The molecule has 0 aromatic heterocycles. The molecule has 0 radical (unpaired) electrons. The summed E-state index contributed by atoms with van der Waals surface area (Å²) in [5, 5.41) is 0. The van der Waals surface area contributed by atoms with Crippen LogP contribution >= 0.6 is 22.6 Å². The van der Waals surface area contributed by atoms with Crippen LogP contribution in [0.4, 0.5) is 0 Å². The van der Waals surface area contributed by atoms with E-state index in [1.807, 2.05) is 0 Å². The molecule has 0 saturated carbocycles.